The third kappa shape index (κ3) is 5.95. The van der Waals surface area contributed by atoms with Crippen molar-refractivity contribution in [1.29, 1.82) is 0 Å². The zero-order valence-electron chi connectivity index (χ0n) is 10.3. The van der Waals surface area contributed by atoms with Gasteiger partial charge >= 0.3 is 0 Å². The van der Waals surface area contributed by atoms with E-state index in [1.54, 1.807) is 0 Å². The smallest absolute Gasteiger partial charge is 0.0322 e. The van der Waals surface area contributed by atoms with Gasteiger partial charge in [0.05, 0.1) is 0 Å². The zero-order chi connectivity index (χ0) is 11.7. The highest BCUT2D eigenvalue weighted by Gasteiger charge is 2.01. The van der Waals surface area contributed by atoms with Crippen LogP contribution in [0.3, 0.4) is 0 Å². The lowest BCUT2D eigenvalue weighted by molar-refractivity contribution is 0.380. The molecule has 1 heteroatoms. The number of rotatable bonds is 7. The topological polar surface area (TPSA) is 3.24 Å². The minimum absolute atomic E-state index is 1.02. The van der Waals surface area contributed by atoms with Crippen molar-refractivity contribution in [2.75, 3.05) is 13.1 Å². The quantitative estimate of drug-likeness (QED) is 0.450. The molecule has 0 atom stereocenters. The average Bonchev–Trinajstić information content (AvgIpc) is 2.22. The fraction of sp³-hybridized carbons (Fsp3) is 0.429. The minimum atomic E-state index is 1.02. The van der Waals surface area contributed by atoms with Gasteiger partial charge in [-0.05, 0) is 33.3 Å². The number of likely N-dealkylation sites (N-methyl/N-ethyl adjacent to an activating group) is 1. The lowest BCUT2D eigenvalue weighted by Gasteiger charge is -2.23. The summed E-state index contributed by atoms with van der Waals surface area (Å²) in [7, 11) is 0. The number of nitrogens with zero attached hydrogens (tertiary/aromatic N) is 1. The van der Waals surface area contributed by atoms with Crippen LogP contribution in [0.4, 0.5) is 0 Å². The van der Waals surface area contributed by atoms with Gasteiger partial charge in [0.1, 0.15) is 0 Å². The van der Waals surface area contributed by atoms with Crippen molar-refractivity contribution in [3.63, 3.8) is 0 Å². The van der Waals surface area contributed by atoms with E-state index in [-0.39, 0.29) is 0 Å². The molecule has 84 valence electrons. The number of hydrogen-bond acceptors (Lipinski definition) is 1. The van der Waals surface area contributed by atoms with Crippen LogP contribution in [0.15, 0.2) is 48.7 Å². The minimum Gasteiger partial charge on any atom is -0.372 e. The lowest BCUT2D eigenvalue weighted by atomic mass is 10.2. The van der Waals surface area contributed by atoms with Crippen LogP contribution in [-0.4, -0.2) is 18.0 Å². The van der Waals surface area contributed by atoms with E-state index in [4.69, 9.17) is 0 Å². The third-order valence-corrected chi connectivity index (χ3v) is 2.18. The molecule has 15 heavy (non-hydrogen) atoms. The standard InChI is InChI=1S/C14H23N/c1-6-9-12-15(8-3)14(7-2)11-10-13(4)5/h6-7,10-11H,1,4,8-9,12H2,2-3,5H3/b11-10-,14-7+. The molecule has 0 radical (unpaired) electrons. The van der Waals surface area contributed by atoms with Gasteiger partial charge in [0.15, 0.2) is 0 Å². The molecule has 0 bridgehead atoms. The molecule has 0 aliphatic carbocycles. The maximum atomic E-state index is 3.86. The van der Waals surface area contributed by atoms with Gasteiger partial charge in [-0.25, -0.2) is 0 Å². The molecular formula is C14H23N. The first-order valence-corrected chi connectivity index (χ1v) is 5.51. The SMILES string of the molecule is C=CCCN(CC)C(/C=C\C(=C)C)=C/C. The van der Waals surface area contributed by atoms with Crippen molar-refractivity contribution in [3.8, 4) is 0 Å². The monoisotopic (exact) mass is 205 g/mol. The molecule has 0 N–H and O–H groups in total. The van der Waals surface area contributed by atoms with E-state index >= 15 is 0 Å². The molecule has 0 unspecified atom stereocenters. The highest BCUT2D eigenvalue weighted by atomic mass is 15.1. The first-order chi connectivity index (χ1) is 7.15. The molecule has 0 aromatic carbocycles. The Hall–Kier alpha value is -1.24. The summed E-state index contributed by atoms with van der Waals surface area (Å²) in [5, 5.41) is 0. The molecule has 0 fully saturated rings. The van der Waals surface area contributed by atoms with E-state index in [0.717, 1.165) is 25.1 Å². The number of hydrogen-bond donors (Lipinski definition) is 0. The Bertz CT molecular complexity index is 259. The van der Waals surface area contributed by atoms with Gasteiger partial charge in [-0.2, -0.15) is 0 Å². The van der Waals surface area contributed by atoms with E-state index in [2.05, 4.69) is 44.1 Å². The van der Waals surface area contributed by atoms with Gasteiger partial charge < -0.3 is 4.90 Å². The fourth-order valence-corrected chi connectivity index (χ4v) is 1.33. The van der Waals surface area contributed by atoms with Crippen LogP contribution in [0.25, 0.3) is 0 Å². The Labute approximate surface area is 94.5 Å². The fourth-order valence-electron chi connectivity index (χ4n) is 1.33. The molecule has 0 heterocycles. The molecule has 0 aliphatic heterocycles. The molecule has 0 aromatic heterocycles. The van der Waals surface area contributed by atoms with Gasteiger partial charge in [-0.15, -0.1) is 6.58 Å². The third-order valence-electron chi connectivity index (χ3n) is 2.18. The Morgan fingerprint density at radius 3 is 2.40 bits per heavy atom. The summed E-state index contributed by atoms with van der Waals surface area (Å²) in [4.78, 5) is 2.33. The van der Waals surface area contributed by atoms with Crippen LogP contribution >= 0.6 is 0 Å². The van der Waals surface area contributed by atoms with Crippen molar-refractivity contribution < 1.29 is 0 Å². The van der Waals surface area contributed by atoms with E-state index in [9.17, 15) is 0 Å². The predicted molar refractivity (Wildman–Crippen MR) is 69.8 cm³/mol. The highest BCUT2D eigenvalue weighted by molar-refractivity contribution is 5.24. The maximum Gasteiger partial charge on any atom is 0.0322 e. The van der Waals surface area contributed by atoms with Crippen LogP contribution in [0.1, 0.15) is 27.2 Å². The molecular weight excluding hydrogens is 182 g/mol. The average molecular weight is 205 g/mol. The van der Waals surface area contributed by atoms with E-state index < -0.39 is 0 Å². The van der Waals surface area contributed by atoms with Gasteiger partial charge in [-0.1, -0.05) is 30.4 Å². The maximum absolute atomic E-state index is 3.86. The molecule has 0 amide bonds. The Kier molecular flexibility index (Phi) is 7.43. The molecule has 0 saturated heterocycles. The molecule has 0 spiro atoms. The molecule has 0 aliphatic rings. The van der Waals surface area contributed by atoms with Crippen molar-refractivity contribution in [3.05, 3.63) is 48.7 Å². The van der Waals surface area contributed by atoms with Gasteiger partial charge in [-0.3, -0.25) is 0 Å². The van der Waals surface area contributed by atoms with Gasteiger partial charge in [0.25, 0.3) is 0 Å². The van der Waals surface area contributed by atoms with Crippen molar-refractivity contribution in [2.24, 2.45) is 0 Å². The van der Waals surface area contributed by atoms with Crippen molar-refractivity contribution in [1.82, 2.24) is 4.90 Å². The van der Waals surface area contributed by atoms with E-state index in [0.29, 0.717) is 0 Å². The Morgan fingerprint density at radius 2 is 2.00 bits per heavy atom. The summed E-state index contributed by atoms with van der Waals surface area (Å²) in [5.41, 5.74) is 2.33. The van der Waals surface area contributed by atoms with Gasteiger partial charge in [0, 0.05) is 18.8 Å². The highest BCUT2D eigenvalue weighted by Crippen LogP contribution is 2.08. The van der Waals surface area contributed by atoms with Crippen LogP contribution in [0, 0.1) is 0 Å². The van der Waals surface area contributed by atoms with Crippen LogP contribution < -0.4 is 0 Å². The van der Waals surface area contributed by atoms with Crippen LogP contribution in [0.5, 0.6) is 0 Å². The summed E-state index contributed by atoms with van der Waals surface area (Å²) in [6, 6.07) is 0. The Balaban J connectivity index is 4.47. The molecule has 0 saturated carbocycles. The van der Waals surface area contributed by atoms with Crippen LogP contribution in [-0.2, 0) is 0 Å². The predicted octanol–water partition coefficient (Wildman–Crippen LogP) is 3.92. The van der Waals surface area contributed by atoms with E-state index in [1.165, 1.54) is 5.70 Å². The molecule has 0 aromatic rings. The molecule has 1 nitrogen and oxygen atoms in total. The second-order valence-corrected chi connectivity index (χ2v) is 3.55. The summed E-state index contributed by atoms with van der Waals surface area (Å²) in [5.74, 6) is 0. The summed E-state index contributed by atoms with van der Waals surface area (Å²) in [6.45, 7) is 15.9. The lowest BCUT2D eigenvalue weighted by Crippen LogP contribution is -2.22. The first kappa shape index (κ1) is 13.8. The van der Waals surface area contributed by atoms with Crippen molar-refractivity contribution >= 4 is 0 Å². The van der Waals surface area contributed by atoms with E-state index in [1.807, 2.05) is 19.1 Å². The van der Waals surface area contributed by atoms with Gasteiger partial charge in [0.2, 0.25) is 0 Å². The normalized spacial score (nSPS) is 11.8. The van der Waals surface area contributed by atoms with Crippen LogP contribution in [0.2, 0.25) is 0 Å². The Morgan fingerprint density at radius 1 is 1.33 bits per heavy atom. The summed E-state index contributed by atoms with van der Waals surface area (Å²) >= 11 is 0. The molecule has 0 rings (SSSR count). The summed E-state index contributed by atoms with van der Waals surface area (Å²) < 4.78 is 0. The second kappa shape index (κ2) is 8.10. The first-order valence-electron chi connectivity index (χ1n) is 5.51. The summed E-state index contributed by atoms with van der Waals surface area (Å²) in [6.07, 6.45) is 9.28. The zero-order valence-corrected chi connectivity index (χ0v) is 10.3. The van der Waals surface area contributed by atoms with Crippen molar-refractivity contribution in [2.45, 2.75) is 27.2 Å². The number of allylic oxidation sites excluding steroid dienone is 4. The largest absolute Gasteiger partial charge is 0.372 e. The second-order valence-electron chi connectivity index (χ2n) is 3.55.